The van der Waals surface area contributed by atoms with Gasteiger partial charge in [0, 0.05) is 22.1 Å². The second-order valence-corrected chi connectivity index (χ2v) is 7.49. The summed E-state index contributed by atoms with van der Waals surface area (Å²) in [4.78, 5) is 5.73. The van der Waals surface area contributed by atoms with Crippen LogP contribution in [0, 0.1) is 13.8 Å². The Morgan fingerprint density at radius 3 is 2.52 bits per heavy atom. The molecule has 0 atom stereocenters. The molecular formula is C17H21N3S. The minimum absolute atomic E-state index is 0.0483. The zero-order valence-electron chi connectivity index (χ0n) is 13.2. The Hall–Kier alpha value is -1.81. The lowest BCUT2D eigenvalue weighted by atomic mass is 9.93. The lowest BCUT2D eigenvalue weighted by molar-refractivity contribution is 0.566. The second-order valence-electron chi connectivity index (χ2n) is 6.65. The number of rotatable bonds is 1. The minimum atomic E-state index is 0.0483. The van der Waals surface area contributed by atoms with Crippen molar-refractivity contribution in [1.82, 2.24) is 9.38 Å². The Morgan fingerprint density at radius 2 is 1.90 bits per heavy atom. The summed E-state index contributed by atoms with van der Waals surface area (Å²) in [5.41, 5.74) is 12.2. The Morgan fingerprint density at radius 1 is 1.19 bits per heavy atom. The number of nitrogens with two attached hydrogens (primary N) is 1. The van der Waals surface area contributed by atoms with E-state index in [0.717, 1.165) is 22.0 Å². The van der Waals surface area contributed by atoms with E-state index in [9.17, 15) is 0 Å². The zero-order chi connectivity index (χ0) is 15.4. The maximum Gasteiger partial charge on any atom is 0.196 e. The molecule has 0 unspecified atom stereocenters. The van der Waals surface area contributed by atoms with Crippen LogP contribution in [-0.2, 0) is 5.41 Å². The van der Waals surface area contributed by atoms with Gasteiger partial charge in [0.1, 0.15) is 11.5 Å². The van der Waals surface area contributed by atoms with Gasteiger partial charge in [-0.05, 0) is 19.4 Å². The van der Waals surface area contributed by atoms with Gasteiger partial charge in [-0.25, -0.2) is 4.98 Å². The molecule has 1 aromatic carbocycles. The second kappa shape index (κ2) is 4.60. The first-order valence-electron chi connectivity index (χ1n) is 7.12. The van der Waals surface area contributed by atoms with Crippen molar-refractivity contribution in [1.29, 1.82) is 0 Å². The fourth-order valence-electron chi connectivity index (χ4n) is 2.67. The highest BCUT2D eigenvalue weighted by molar-refractivity contribution is 7.15. The fraction of sp³-hybridized carbons (Fsp3) is 0.353. The highest BCUT2D eigenvalue weighted by Crippen LogP contribution is 2.35. The molecule has 0 aliphatic rings. The van der Waals surface area contributed by atoms with E-state index in [1.165, 1.54) is 16.8 Å². The van der Waals surface area contributed by atoms with E-state index < -0.39 is 0 Å². The Kier molecular flexibility index (Phi) is 3.10. The van der Waals surface area contributed by atoms with Gasteiger partial charge >= 0.3 is 0 Å². The van der Waals surface area contributed by atoms with Crippen LogP contribution in [0.25, 0.3) is 16.2 Å². The molecule has 0 bridgehead atoms. The highest BCUT2D eigenvalue weighted by atomic mass is 32.1. The smallest absolute Gasteiger partial charge is 0.196 e. The SMILES string of the molecule is Cc1ccc(-c2nc3scc(C(C)(C)C)n3c2N)c(C)c1. The molecule has 3 rings (SSSR count). The first kappa shape index (κ1) is 14.1. The molecule has 0 aliphatic heterocycles. The van der Waals surface area contributed by atoms with Gasteiger partial charge in [0.05, 0.1) is 0 Å². The Bertz CT molecular complexity index is 819. The molecule has 0 spiro atoms. The van der Waals surface area contributed by atoms with Crippen LogP contribution in [0.2, 0.25) is 0 Å². The van der Waals surface area contributed by atoms with Gasteiger partial charge in [-0.15, -0.1) is 11.3 Å². The van der Waals surface area contributed by atoms with Crippen LogP contribution in [0.5, 0.6) is 0 Å². The number of anilines is 1. The lowest BCUT2D eigenvalue weighted by Gasteiger charge is -2.17. The predicted octanol–water partition coefficient (Wildman–Crippen LogP) is 4.56. The topological polar surface area (TPSA) is 43.3 Å². The molecule has 0 amide bonds. The van der Waals surface area contributed by atoms with Crippen LogP contribution in [0.4, 0.5) is 5.82 Å². The molecule has 2 aromatic heterocycles. The average Bonchev–Trinajstić information content (AvgIpc) is 2.90. The minimum Gasteiger partial charge on any atom is -0.383 e. The summed E-state index contributed by atoms with van der Waals surface area (Å²) in [6.07, 6.45) is 0. The van der Waals surface area contributed by atoms with Crippen molar-refractivity contribution in [2.45, 2.75) is 40.0 Å². The Labute approximate surface area is 129 Å². The number of fused-ring (bicyclic) bond motifs is 1. The third-order valence-corrected chi connectivity index (χ3v) is 4.63. The summed E-state index contributed by atoms with van der Waals surface area (Å²) in [5, 5.41) is 2.16. The number of aromatic nitrogens is 2. The van der Waals surface area contributed by atoms with Gasteiger partial charge < -0.3 is 5.73 Å². The van der Waals surface area contributed by atoms with Crippen molar-refractivity contribution in [2.75, 3.05) is 5.73 Å². The van der Waals surface area contributed by atoms with E-state index in [2.05, 4.69) is 62.6 Å². The zero-order valence-corrected chi connectivity index (χ0v) is 14.0. The average molecular weight is 299 g/mol. The summed E-state index contributed by atoms with van der Waals surface area (Å²) in [6, 6.07) is 6.40. The van der Waals surface area contributed by atoms with E-state index in [4.69, 9.17) is 10.7 Å². The highest BCUT2D eigenvalue weighted by Gasteiger charge is 2.23. The van der Waals surface area contributed by atoms with Crippen molar-refractivity contribution in [2.24, 2.45) is 0 Å². The molecule has 110 valence electrons. The number of aryl methyl sites for hydroxylation is 2. The number of hydrogen-bond donors (Lipinski definition) is 1. The van der Waals surface area contributed by atoms with Crippen LogP contribution in [0.1, 0.15) is 37.6 Å². The first-order valence-corrected chi connectivity index (χ1v) is 8.00. The number of nitrogens with zero attached hydrogens (tertiary/aromatic N) is 2. The molecule has 0 aliphatic carbocycles. The number of thiazole rings is 1. The van der Waals surface area contributed by atoms with E-state index in [1.54, 1.807) is 11.3 Å². The molecule has 3 aromatic rings. The van der Waals surface area contributed by atoms with Crippen LogP contribution in [0.15, 0.2) is 23.6 Å². The van der Waals surface area contributed by atoms with Crippen LogP contribution >= 0.6 is 11.3 Å². The summed E-state index contributed by atoms with van der Waals surface area (Å²) >= 11 is 1.65. The predicted molar refractivity (Wildman–Crippen MR) is 91.1 cm³/mol. The third kappa shape index (κ3) is 2.23. The summed E-state index contributed by atoms with van der Waals surface area (Å²) in [7, 11) is 0. The normalized spacial score (nSPS) is 12.2. The standard InChI is InChI=1S/C17H21N3S/c1-10-6-7-12(11(2)8-10)14-15(18)20-13(17(3,4)5)9-21-16(20)19-14/h6-9H,18H2,1-5H3. The number of imidazole rings is 1. The van der Waals surface area contributed by atoms with Crippen molar-refractivity contribution in [3.05, 3.63) is 40.4 Å². The molecule has 21 heavy (non-hydrogen) atoms. The van der Waals surface area contributed by atoms with Crippen molar-refractivity contribution in [3.63, 3.8) is 0 Å². The van der Waals surface area contributed by atoms with E-state index in [1.807, 2.05) is 0 Å². The Balaban J connectivity index is 2.26. The third-order valence-electron chi connectivity index (χ3n) is 3.80. The van der Waals surface area contributed by atoms with E-state index in [0.29, 0.717) is 0 Å². The largest absolute Gasteiger partial charge is 0.383 e. The molecule has 0 saturated heterocycles. The molecule has 0 fully saturated rings. The summed E-state index contributed by atoms with van der Waals surface area (Å²) in [5.74, 6) is 0.739. The quantitative estimate of drug-likeness (QED) is 0.716. The summed E-state index contributed by atoms with van der Waals surface area (Å²) < 4.78 is 2.10. The number of hydrogen-bond acceptors (Lipinski definition) is 3. The maximum absolute atomic E-state index is 6.43. The first-order chi connectivity index (χ1) is 9.79. The molecule has 0 saturated carbocycles. The summed E-state index contributed by atoms with van der Waals surface area (Å²) in [6.45, 7) is 10.8. The lowest BCUT2D eigenvalue weighted by Crippen LogP contribution is -2.14. The number of nitrogen functional groups attached to an aromatic ring is 1. The van der Waals surface area contributed by atoms with Crippen LogP contribution in [0.3, 0.4) is 0 Å². The molecular weight excluding hydrogens is 278 g/mol. The molecule has 2 heterocycles. The van der Waals surface area contributed by atoms with Crippen molar-refractivity contribution < 1.29 is 0 Å². The molecule has 2 N–H and O–H groups in total. The van der Waals surface area contributed by atoms with Crippen LogP contribution in [-0.4, -0.2) is 9.38 Å². The fourth-order valence-corrected chi connectivity index (χ4v) is 3.80. The van der Waals surface area contributed by atoms with Crippen molar-refractivity contribution in [3.8, 4) is 11.3 Å². The molecule has 0 radical (unpaired) electrons. The van der Waals surface area contributed by atoms with E-state index in [-0.39, 0.29) is 5.41 Å². The van der Waals surface area contributed by atoms with Crippen molar-refractivity contribution >= 4 is 22.1 Å². The molecule has 3 nitrogen and oxygen atoms in total. The van der Waals surface area contributed by atoms with Gasteiger partial charge in [-0.3, -0.25) is 4.40 Å². The monoisotopic (exact) mass is 299 g/mol. The van der Waals surface area contributed by atoms with Gasteiger partial charge in [0.25, 0.3) is 0 Å². The van der Waals surface area contributed by atoms with E-state index >= 15 is 0 Å². The number of benzene rings is 1. The van der Waals surface area contributed by atoms with Gasteiger partial charge in [-0.2, -0.15) is 0 Å². The maximum atomic E-state index is 6.43. The van der Waals surface area contributed by atoms with Crippen LogP contribution < -0.4 is 5.73 Å². The van der Waals surface area contributed by atoms with Gasteiger partial charge in [-0.1, -0.05) is 44.5 Å². The van der Waals surface area contributed by atoms with Gasteiger partial charge in [0.2, 0.25) is 0 Å². The van der Waals surface area contributed by atoms with Gasteiger partial charge in [0.15, 0.2) is 4.96 Å². The molecule has 4 heteroatoms.